The number of rotatable bonds is 6. The highest BCUT2D eigenvalue weighted by Gasteiger charge is 2.35. The van der Waals surface area contributed by atoms with E-state index in [4.69, 9.17) is 4.74 Å². The highest BCUT2D eigenvalue weighted by Crippen LogP contribution is 2.18. The molecule has 1 atom stereocenters. The number of ether oxygens (including phenoxy) is 1. The molecule has 0 saturated carbocycles. The van der Waals surface area contributed by atoms with Gasteiger partial charge in [-0.3, -0.25) is 9.59 Å². The molecule has 0 spiro atoms. The number of carbonyl (C=O) groups is 2. The number of benzene rings is 1. The van der Waals surface area contributed by atoms with Crippen molar-refractivity contribution >= 4 is 17.5 Å². The van der Waals surface area contributed by atoms with E-state index in [0.29, 0.717) is 31.9 Å². The van der Waals surface area contributed by atoms with Crippen molar-refractivity contribution in [2.45, 2.75) is 32.2 Å². The summed E-state index contributed by atoms with van der Waals surface area (Å²) < 4.78 is 21.2. The van der Waals surface area contributed by atoms with Gasteiger partial charge in [0.05, 0.1) is 19.6 Å². The first-order valence-corrected chi connectivity index (χ1v) is 11.1. The number of hydrogen-bond acceptors (Lipinski definition) is 4. The zero-order valence-corrected chi connectivity index (χ0v) is 19.0. The van der Waals surface area contributed by atoms with Gasteiger partial charge in [-0.1, -0.05) is 18.2 Å². The van der Waals surface area contributed by atoms with Gasteiger partial charge in [0.2, 0.25) is 11.8 Å². The molecular weight excluding hydrogens is 423 g/mol. The summed E-state index contributed by atoms with van der Waals surface area (Å²) in [5.41, 5.74) is 1.51. The van der Waals surface area contributed by atoms with Crippen molar-refractivity contribution in [2.75, 3.05) is 26.3 Å². The average Bonchev–Trinajstić information content (AvgIpc) is 3.10. The lowest BCUT2D eigenvalue weighted by Gasteiger charge is -2.33. The molecule has 3 aromatic rings. The number of carbonyl (C=O) groups excluding carboxylic acids is 2. The second kappa shape index (κ2) is 9.70. The molecule has 174 valence electrons. The third-order valence-corrected chi connectivity index (χ3v) is 5.84. The first-order valence-electron chi connectivity index (χ1n) is 11.1. The third kappa shape index (κ3) is 5.76. The summed E-state index contributed by atoms with van der Waals surface area (Å²) in [6.07, 6.45) is 6.50. The van der Waals surface area contributed by atoms with E-state index in [0.717, 1.165) is 17.6 Å². The van der Waals surface area contributed by atoms with Gasteiger partial charge in [-0.25, -0.2) is 9.37 Å². The minimum absolute atomic E-state index is 0.0108. The Labute approximate surface area is 192 Å². The monoisotopic (exact) mass is 452 g/mol. The number of halogens is 1. The molecule has 1 fully saturated rings. The summed E-state index contributed by atoms with van der Waals surface area (Å²) in [5, 5.41) is 2.82. The summed E-state index contributed by atoms with van der Waals surface area (Å²) in [7, 11) is 0. The van der Waals surface area contributed by atoms with Crippen molar-refractivity contribution in [3.8, 4) is 0 Å². The molecule has 4 rings (SSSR count). The minimum Gasteiger partial charge on any atom is -0.379 e. The van der Waals surface area contributed by atoms with Crippen molar-refractivity contribution in [1.29, 1.82) is 0 Å². The van der Waals surface area contributed by atoms with Gasteiger partial charge in [0.1, 0.15) is 17.0 Å². The first-order chi connectivity index (χ1) is 15.8. The van der Waals surface area contributed by atoms with Crippen LogP contribution in [-0.2, 0) is 27.2 Å². The number of nitrogens with zero attached hydrogens (tertiary/aromatic N) is 3. The normalized spacial score (nSPS) is 17.1. The number of amides is 2. The second-order valence-corrected chi connectivity index (χ2v) is 9.11. The zero-order valence-electron chi connectivity index (χ0n) is 19.0. The zero-order chi connectivity index (χ0) is 23.4. The maximum Gasteiger partial charge on any atom is 0.247 e. The molecule has 1 aliphatic heterocycles. The van der Waals surface area contributed by atoms with Crippen LogP contribution in [-0.4, -0.2) is 57.9 Å². The Balaban J connectivity index is 1.39. The van der Waals surface area contributed by atoms with Crippen molar-refractivity contribution in [3.63, 3.8) is 0 Å². The van der Waals surface area contributed by atoms with E-state index >= 15 is 0 Å². The Morgan fingerprint density at radius 2 is 2.09 bits per heavy atom. The Kier molecular flexibility index (Phi) is 6.74. The highest BCUT2D eigenvalue weighted by atomic mass is 19.1. The van der Waals surface area contributed by atoms with Crippen LogP contribution < -0.4 is 5.32 Å². The maximum absolute atomic E-state index is 13.4. The number of fused-ring (bicyclic) bond motifs is 1. The predicted molar refractivity (Wildman–Crippen MR) is 122 cm³/mol. The van der Waals surface area contributed by atoms with Gasteiger partial charge in [-0.2, -0.15) is 0 Å². The molecule has 0 radical (unpaired) electrons. The van der Waals surface area contributed by atoms with Gasteiger partial charge in [0.15, 0.2) is 0 Å². The predicted octanol–water partition coefficient (Wildman–Crippen LogP) is 2.63. The number of aromatic nitrogens is 2. The van der Waals surface area contributed by atoms with Crippen LogP contribution in [0.2, 0.25) is 0 Å². The summed E-state index contributed by atoms with van der Waals surface area (Å²) >= 11 is 0. The molecule has 1 aromatic carbocycles. The largest absolute Gasteiger partial charge is 0.379 e. The van der Waals surface area contributed by atoms with Crippen molar-refractivity contribution in [2.24, 2.45) is 5.92 Å². The van der Waals surface area contributed by atoms with E-state index in [1.807, 2.05) is 16.7 Å². The van der Waals surface area contributed by atoms with Crippen molar-refractivity contribution in [3.05, 3.63) is 71.9 Å². The van der Waals surface area contributed by atoms with Crippen LogP contribution in [0.1, 0.15) is 25.0 Å². The Bertz CT molecular complexity index is 1140. The Morgan fingerprint density at radius 3 is 2.91 bits per heavy atom. The van der Waals surface area contributed by atoms with E-state index in [-0.39, 0.29) is 24.2 Å². The molecule has 2 amide bonds. The summed E-state index contributed by atoms with van der Waals surface area (Å²) in [5.74, 6) is -0.736. The molecule has 0 aliphatic carbocycles. The molecule has 2 aromatic heterocycles. The van der Waals surface area contributed by atoms with Gasteiger partial charge >= 0.3 is 0 Å². The van der Waals surface area contributed by atoms with Gasteiger partial charge < -0.3 is 19.4 Å². The van der Waals surface area contributed by atoms with E-state index in [1.165, 1.54) is 12.1 Å². The van der Waals surface area contributed by atoms with Gasteiger partial charge in [0, 0.05) is 37.6 Å². The van der Waals surface area contributed by atoms with Crippen LogP contribution in [0.25, 0.3) is 5.65 Å². The van der Waals surface area contributed by atoms with Gasteiger partial charge in [0.25, 0.3) is 0 Å². The van der Waals surface area contributed by atoms with Crippen LogP contribution in [0.5, 0.6) is 0 Å². The van der Waals surface area contributed by atoms with E-state index in [2.05, 4.69) is 22.6 Å². The van der Waals surface area contributed by atoms with E-state index in [9.17, 15) is 14.0 Å². The minimum atomic E-state index is -1.09. The topological polar surface area (TPSA) is 75.9 Å². The van der Waals surface area contributed by atoms with Crippen molar-refractivity contribution < 1.29 is 18.7 Å². The van der Waals surface area contributed by atoms with Crippen LogP contribution in [0.3, 0.4) is 0 Å². The van der Waals surface area contributed by atoms with Crippen LogP contribution in [0, 0.1) is 11.7 Å². The summed E-state index contributed by atoms with van der Waals surface area (Å²) in [4.78, 5) is 31.9. The number of pyridine rings is 1. The van der Waals surface area contributed by atoms with E-state index in [1.54, 1.807) is 37.1 Å². The average molecular weight is 453 g/mol. The first kappa shape index (κ1) is 22.9. The van der Waals surface area contributed by atoms with Crippen LogP contribution in [0.4, 0.5) is 4.39 Å². The van der Waals surface area contributed by atoms with Crippen molar-refractivity contribution in [1.82, 2.24) is 19.6 Å². The molecule has 33 heavy (non-hydrogen) atoms. The molecule has 0 bridgehead atoms. The Hall–Kier alpha value is -3.26. The second-order valence-electron chi connectivity index (χ2n) is 9.11. The number of nitrogens with one attached hydrogen (secondary N) is 1. The summed E-state index contributed by atoms with van der Waals surface area (Å²) in [6.45, 7) is 5.44. The lowest BCUT2D eigenvalue weighted by molar-refractivity contribution is -0.140. The fraction of sp³-hybridized carbons (Fsp3) is 0.400. The SMILES string of the molecule is CC(C)(NC(=O)Cc1cccc(F)c1)C(=O)N1CCOC[C@@H](Cc2ccc3nccn3c2)C1. The lowest BCUT2D eigenvalue weighted by Crippen LogP contribution is -2.57. The standard InChI is InChI=1S/C25H29FN4O3/c1-25(2,28-23(31)14-18-4-3-5-21(26)13-18)24(32)30-10-11-33-17-20(16-30)12-19-6-7-22-27-8-9-29(22)15-19/h3-9,13,15,20H,10-12,14,16-17H2,1-2H3,(H,28,31)/t20-/m0/s1. The molecule has 1 N–H and O–H groups in total. The number of imidazole rings is 1. The van der Waals surface area contributed by atoms with E-state index < -0.39 is 11.4 Å². The molecule has 0 unspecified atom stereocenters. The fourth-order valence-electron chi connectivity index (χ4n) is 4.28. The summed E-state index contributed by atoms with van der Waals surface area (Å²) in [6, 6.07) is 9.95. The molecule has 7 nitrogen and oxygen atoms in total. The highest BCUT2D eigenvalue weighted by molar-refractivity contribution is 5.91. The molecule has 3 heterocycles. The molecule has 1 saturated heterocycles. The molecule has 8 heteroatoms. The van der Waals surface area contributed by atoms with Crippen LogP contribution in [0.15, 0.2) is 55.0 Å². The third-order valence-electron chi connectivity index (χ3n) is 5.84. The van der Waals surface area contributed by atoms with Crippen LogP contribution >= 0.6 is 0 Å². The smallest absolute Gasteiger partial charge is 0.247 e. The number of hydrogen-bond donors (Lipinski definition) is 1. The lowest BCUT2D eigenvalue weighted by atomic mass is 9.98. The molecule has 1 aliphatic rings. The molecular formula is C25H29FN4O3. The Morgan fingerprint density at radius 1 is 1.24 bits per heavy atom. The quantitative estimate of drug-likeness (QED) is 0.624. The fourth-order valence-corrected chi connectivity index (χ4v) is 4.28. The van der Waals surface area contributed by atoms with Gasteiger partial charge in [-0.15, -0.1) is 0 Å². The maximum atomic E-state index is 13.4. The van der Waals surface area contributed by atoms with Gasteiger partial charge in [-0.05, 0) is 49.6 Å².